The van der Waals surface area contributed by atoms with E-state index in [0.717, 1.165) is 13.1 Å². The molecule has 1 atom stereocenters. The summed E-state index contributed by atoms with van der Waals surface area (Å²) in [5.41, 5.74) is 0. The first-order valence-electron chi connectivity index (χ1n) is 4.68. The van der Waals surface area contributed by atoms with Crippen LogP contribution in [0, 0.1) is 0 Å². The molecule has 0 aromatic heterocycles. The quantitative estimate of drug-likeness (QED) is 0.614. The Morgan fingerprint density at radius 1 is 1.46 bits per heavy atom. The van der Waals surface area contributed by atoms with Crippen LogP contribution in [-0.2, 0) is 4.79 Å². The Balaban J connectivity index is 3.57. The number of aliphatic hydroxyl groups is 1. The number of hydrogen-bond acceptors (Lipinski definition) is 3. The van der Waals surface area contributed by atoms with Gasteiger partial charge in [0.15, 0.2) is 0 Å². The van der Waals surface area contributed by atoms with Crippen molar-refractivity contribution in [3.05, 3.63) is 0 Å². The van der Waals surface area contributed by atoms with E-state index in [2.05, 4.69) is 0 Å². The molecule has 0 heterocycles. The summed E-state index contributed by atoms with van der Waals surface area (Å²) in [5.74, 6) is -0.768. The zero-order chi connectivity index (χ0) is 10.3. The van der Waals surface area contributed by atoms with Gasteiger partial charge in [-0.15, -0.1) is 0 Å². The second-order valence-corrected chi connectivity index (χ2v) is 3.22. The first-order valence-corrected chi connectivity index (χ1v) is 4.68. The molecule has 0 saturated heterocycles. The van der Waals surface area contributed by atoms with Gasteiger partial charge in [-0.3, -0.25) is 4.79 Å². The van der Waals surface area contributed by atoms with Gasteiger partial charge in [0.05, 0.1) is 12.5 Å². The van der Waals surface area contributed by atoms with Crippen LogP contribution in [0.1, 0.15) is 26.7 Å². The summed E-state index contributed by atoms with van der Waals surface area (Å²) < 4.78 is 0. The molecule has 0 aromatic rings. The van der Waals surface area contributed by atoms with Gasteiger partial charge in [-0.1, -0.05) is 6.92 Å². The molecule has 4 nitrogen and oxygen atoms in total. The van der Waals surface area contributed by atoms with Gasteiger partial charge in [-0.05, 0) is 19.9 Å². The number of carboxylic acid groups (broad SMARTS) is 1. The highest BCUT2D eigenvalue weighted by Crippen LogP contribution is 1.97. The fourth-order valence-corrected chi connectivity index (χ4v) is 1.05. The monoisotopic (exact) mass is 189 g/mol. The molecule has 13 heavy (non-hydrogen) atoms. The van der Waals surface area contributed by atoms with Crippen LogP contribution in [0.5, 0.6) is 0 Å². The van der Waals surface area contributed by atoms with Crippen molar-refractivity contribution in [1.82, 2.24) is 4.90 Å². The molecule has 4 heteroatoms. The normalized spacial score (nSPS) is 13.2. The molecular formula is C9H19NO3. The average molecular weight is 189 g/mol. The van der Waals surface area contributed by atoms with Gasteiger partial charge in [0.1, 0.15) is 0 Å². The SMILES string of the molecule is CCN(CCC(=O)O)CCC(C)O. The number of aliphatic carboxylic acids is 1. The number of carboxylic acids is 1. The van der Waals surface area contributed by atoms with Crippen molar-refractivity contribution in [3.8, 4) is 0 Å². The van der Waals surface area contributed by atoms with Gasteiger partial charge >= 0.3 is 5.97 Å². The zero-order valence-electron chi connectivity index (χ0n) is 8.36. The van der Waals surface area contributed by atoms with Crippen LogP contribution in [0.2, 0.25) is 0 Å². The molecule has 2 N–H and O–H groups in total. The Bertz CT molecular complexity index is 148. The molecule has 0 rings (SSSR count). The summed E-state index contributed by atoms with van der Waals surface area (Å²) in [4.78, 5) is 12.3. The molecule has 0 aliphatic rings. The van der Waals surface area contributed by atoms with Gasteiger partial charge in [-0.2, -0.15) is 0 Å². The van der Waals surface area contributed by atoms with E-state index in [9.17, 15) is 4.79 Å². The lowest BCUT2D eigenvalue weighted by atomic mass is 10.2. The predicted octanol–water partition coefficient (Wildman–Crippen LogP) is 0.554. The lowest BCUT2D eigenvalue weighted by molar-refractivity contribution is -0.137. The molecule has 0 saturated carbocycles. The highest BCUT2D eigenvalue weighted by atomic mass is 16.4. The number of nitrogens with zero attached hydrogens (tertiary/aromatic N) is 1. The van der Waals surface area contributed by atoms with E-state index >= 15 is 0 Å². The van der Waals surface area contributed by atoms with E-state index in [1.54, 1.807) is 6.92 Å². The summed E-state index contributed by atoms with van der Waals surface area (Å²) in [5, 5.41) is 17.5. The number of rotatable bonds is 7. The summed E-state index contributed by atoms with van der Waals surface area (Å²) in [6, 6.07) is 0. The Labute approximate surface area is 79.2 Å². The third kappa shape index (κ3) is 7.74. The Morgan fingerprint density at radius 3 is 2.46 bits per heavy atom. The smallest absolute Gasteiger partial charge is 0.304 e. The molecule has 0 aliphatic heterocycles. The molecule has 0 amide bonds. The van der Waals surface area contributed by atoms with Crippen LogP contribution in [-0.4, -0.2) is 46.8 Å². The third-order valence-corrected chi connectivity index (χ3v) is 1.95. The summed E-state index contributed by atoms with van der Waals surface area (Å²) in [6.45, 7) is 5.90. The Morgan fingerprint density at radius 2 is 2.08 bits per heavy atom. The van der Waals surface area contributed by atoms with Crippen molar-refractivity contribution >= 4 is 5.97 Å². The molecule has 0 bridgehead atoms. The van der Waals surface area contributed by atoms with Gasteiger partial charge in [0.2, 0.25) is 0 Å². The van der Waals surface area contributed by atoms with Crippen molar-refractivity contribution in [2.24, 2.45) is 0 Å². The van der Waals surface area contributed by atoms with Crippen molar-refractivity contribution in [2.75, 3.05) is 19.6 Å². The maximum absolute atomic E-state index is 10.3. The van der Waals surface area contributed by atoms with Crippen LogP contribution in [0.3, 0.4) is 0 Å². The average Bonchev–Trinajstić information content (AvgIpc) is 2.04. The number of aliphatic hydroxyl groups excluding tert-OH is 1. The minimum Gasteiger partial charge on any atom is -0.481 e. The minimum absolute atomic E-state index is 0.174. The lowest BCUT2D eigenvalue weighted by Gasteiger charge is -2.19. The predicted molar refractivity (Wildman–Crippen MR) is 50.7 cm³/mol. The van der Waals surface area contributed by atoms with Crippen LogP contribution in [0.4, 0.5) is 0 Å². The van der Waals surface area contributed by atoms with Gasteiger partial charge < -0.3 is 15.1 Å². The maximum Gasteiger partial charge on any atom is 0.304 e. The topological polar surface area (TPSA) is 60.8 Å². The van der Waals surface area contributed by atoms with Crippen molar-refractivity contribution < 1.29 is 15.0 Å². The lowest BCUT2D eigenvalue weighted by Crippen LogP contribution is -2.29. The van der Waals surface area contributed by atoms with Crippen molar-refractivity contribution in [2.45, 2.75) is 32.8 Å². The number of hydrogen-bond donors (Lipinski definition) is 2. The van der Waals surface area contributed by atoms with Gasteiger partial charge in [0, 0.05) is 13.1 Å². The fraction of sp³-hybridized carbons (Fsp3) is 0.889. The molecular weight excluding hydrogens is 170 g/mol. The molecule has 1 unspecified atom stereocenters. The molecule has 78 valence electrons. The van der Waals surface area contributed by atoms with E-state index < -0.39 is 5.97 Å². The second kappa shape index (κ2) is 6.86. The highest BCUT2D eigenvalue weighted by Gasteiger charge is 2.06. The largest absolute Gasteiger partial charge is 0.481 e. The summed E-state index contributed by atoms with van der Waals surface area (Å²) in [6.07, 6.45) is 0.570. The zero-order valence-corrected chi connectivity index (χ0v) is 8.36. The Hall–Kier alpha value is -0.610. The van der Waals surface area contributed by atoms with E-state index in [1.165, 1.54) is 0 Å². The highest BCUT2D eigenvalue weighted by molar-refractivity contribution is 5.66. The van der Waals surface area contributed by atoms with Crippen molar-refractivity contribution in [3.63, 3.8) is 0 Å². The first-order chi connectivity index (χ1) is 6.06. The fourth-order valence-electron chi connectivity index (χ4n) is 1.05. The van der Waals surface area contributed by atoms with Crippen LogP contribution >= 0.6 is 0 Å². The van der Waals surface area contributed by atoms with Crippen LogP contribution in [0.25, 0.3) is 0 Å². The first kappa shape index (κ1) is 12.4. The van der Waals surface area contributed by atoms with Crippen molar-refractivity contribution in [1.29, 1.82) is 0 Å². The summed E-state index contributed by atoms with van der Waals surface area (Å²) in [7, 11) is 0. The Kier molecular flexibility index (Phi) is 6.54. The second-order valence-electron chi connectivity index (χ2n) is 3.22. The van der Waals surface area contributed by atoms with Gasteiger partial charge in [-0.25, -0.2) is 0 Å². The van der Waals surface area contributed by atoms with E-state index in [-0.39, 0.29) is 12.5 Å². The molecule has 0 aromatic carbocycles. The number of carbonyl (C=O) groups is 1. The van der Waals surface area contributed by atoms with E-state index in [4.69, 9.17) is 10.2 Å². The van der Waals surface area contributed by atoms with Crippen LogP contribution in [0.15, 0.2) is 0 Å². The summed E-state index contributed by atoms with van der Waals surface area (Å²) >= 11 is 0. The standard InChI is InChI=1S/C9H19NO3/c1-3-10(6-4-8(2)11)7-5-9(12)13/h8,11H,3-7H2,1-2H3,(H,12,13). The molecule has 0 radical (unpaired) electrons. The van der Waals surface area contributed by atoms with E-state index in [1.807, 2.05) is 11.8 Å². The van der Waals surface area contributed by atoms with Gasteiger partial charge in [0.25, 0.3) is 0 Å². The molecule has 0 spiro atoms. The maximum atomic E-state index is 10.3. The minimum atomic E-state index is -0.768. The molecule has 0 fully saturated rings. The van der Waals surface area contributed by atoms with E-state index in [0.29, 0.717) is 13.0 Å². The van der Waals surface area contributed by atoms with Crippen LogP contribution < -0.4 is 0 Å². The molecule has 0 aliphatic carbocycles. The third-order valence-electron chi connectivity index (χ3n) is 1.95.